The monoisotopic (exact) mass is 306 g/mol. The van der Waals surface area contributed by atoms with Gasteiger partial charge in [-0.2, -0.15) is 0 Å². The third-order valence-corrected chi connectivity index (χ3v) is 4.07. The van der Waals surface area contributed by atoms with Crippen LogP contribution in [0.15, 0.2) is 24.3 Å². The topological polar surface area (TPSA) is 71.5 Å². The number of thiazole rings is 1. The van der Waals surface area contributed by atoms with Gasteiger partial charge >= 0.3 is 5.97 Å². The van der Waals surface area contributed by atoms with Crippen LogP contribution in [0.1, 0.15) is 11.8 Å². The first-order valence-corrected chi connectivity index (χ1v) is 7.41. The molecule has 0 amide bonds. The Morgan fingerprint density at radius 2 is 2.10 bits per heavy atom. The van der Waals surface area contributed by atoms with E-state index in [1.54, 1.807) is 14.0 Å². The summed E-state index contributed by atoms with van der Waals surface area (Å²) >= 11 is 1.53. The van der Waals surface area contributed by atoms with E-state index in [2.05, 4.69) is 10.3 Å². The Morgan fingerprint density at radius 3 is 2.67 bits per heavy atom. The zero-order chi connectivity index (χ0) is 15.4. The largest absolute Gasteiger partial charge is 0.497 e. The highest BCUT2D eigenvalue weighted by Gasteiger charge is 2.13. The molecule has 2 N–H and O–H groups in total. The minimum absolute atomic E-state index is 0.365. The molecule has 0 saturated heterocycles. The van der Waals surface area contributed by atoms with E-state index >= 15 is 0 Å². The number of aryl methyl sites for hydroxylation is 1. The first-order valence-electron chi connectivity index (χ1n) is 6.59. The van der Waals surface area contributed by atoms with Gasteiger partial charge in [0.2, 0.25) is 0 Å². The average Bonchev–Trinajstić information content (AvgIpc) is 2.85. The fourth-order valence-electron chi connectivity index (χ4n) is 1.82. The maximum Gasteiger partial charge on any atom is 0.308 e. The van der Waals surface area contributed by atoms with Crippen molar-refractivity contribution in [3.63, 3.8) is 0 Å². The number of rotatable bonds is 6. The smallest absolute Gasteiger partial charge is 0.308 e. The molecule has 0 fully saturated rings. The minimum atomic E-state index is -0.814. The van der Waals surface area contributed by atoms with Crippen LogP contribution in [0.4, 0.5) is 5.13 Å². The number of carboxylic acids is 1. The number of carbonyl (C=O) groups is 1. The minimum Gasteiger partial charge on any atom is -0.497 e. The van der Waals surface area contributed by atoms with Gasteiger partial charge in [-0.3, -0.25) is 4.79 Å². The van der Waals surface area contributed by atoms with E-state index in [1.165, 1.54) is 11.3 Å². The molecule has 2 rings (SSSR count). The molecule has 1 atom stereocenters. The number of benzene rings is 1. The summed E-state index contributed by atoms with van der Waals surface area (Å²) in [6.07, 6.45) is 0. The van der Waals surface area contributed by atoms with Gasteiger partial charge in [0.05, 0.1) is 18.7 Å². The zero-order valence-electron chi connectivity index (χ0n) is 12.2. The van der Waals surface area contributed by atoms with Crippen molar-refractivity contribution in [2.75, 3.05) is 19.0 Å². The molecule has 5 nitrogen and oxygen atoms in total. The lowest BCUT2D eigenvalue weighted by atomic mass is 10.1. The third kappa shape index (κ3) is 3.72. The van der Waals surface area contributed by atoms with Gasteiger partial charge in [0.1, 0.15) is 5.75 Å². The van der Waals surface area contributed by atoms with Crippen LogP contribution >= 0.6 is 11.3 Å². The van der Waals surface area contributed by atoms with Crippen LogP contribution in [-0.2, 0) is 4.79 Å². The Bertz CT molecular complexity index is 622. The molecule has 1 aromatic heterocycles. The highest BCUT2D eigenvalue weighted by molar-refractivity contribution is 7.16. The molecule has 2 aromatic rings. The molecule has 0 aliphatic carbocycles. The van der Waals surface area contributed by atoms with Crippen molar-refractivity contribution >= 4 is 22.4 Å². The lowest BCUT2D eigenvalue weighted by Gasteiger charge is -2.06. The molecule has 0 radical (unpaired) electrons. The number of nitrogens with one attached hydrogen (secondary N) is 1. The SMILES string of the molecule is COc1ccc(-c2nc(NCC(C)C(=O)O)sc2C)cc1. The van der Waals surface area contributed by atoms with Crippen LogP contribution in [0.2, 0.25) is 0 Å². The molecule has 21 heavy (non-hydrogen) atoms. The number of aromatic nitrogens is 1. The van der Waals surface area contributed by atoms with E-state index in [0.717, 1.165) is 27.0 Å². The van der Waals surface area contributed by atoms with Crippen molar-refractivity contribution in [1.82, 2.24) is 4.98 Å². The second-order valence-electron chi connectivity index (χ2n) is 4.77. The summed E-state index contributed by atoms with van der Waals surface area (Å²) in [7, 11) is 1.63. The molecule has 0 saturated carbocycles. The quantitative estimate of drug-likeness (QED) is 0.857. The van der Waals surface area contributed by atoms with Crippen LogP contribution < -0.4 is 10.1 Å². The standard InChI is InChI=1S/C15H18N2O3S/c1-9(14(18)19)8-16-15-17-13(10(2)21-15)11-4-6-12(20-3)7-5-11/h4-7,9H,8H2,1-3H3,(H,16,17)(H,18,19). The number of ether oxygens (including phenoxy) is 1. The van der Waals surface area contributed by atoms with Gasteiger partial charge in [0.25, 0.3) is 0 Å². The summed E-state index contributed by atoms with van der Waals surface area (Å²) in [4.78, 5) is 16.4. The van der Waals surface area contributed by atoms with Gasteiger partial charge in [-0.05, 0) is 31.2 Å². The number of methoxy groups -OCH3 is 1. The number of hydrogen-bond acceptors (Lipinski definition) is 5. The fourth-order valence-corrected chi connectivity index (χ4v) is 2.66. The van der Waals surface area contributed by atoms with Gasteiger partial charge in [-0.15, -0.1) is 11.3 Å². The summed E-state index contributed by atoms with van der Waals surface area (Å²) in [5.74, 6) is -0.454. The lowest BCUT2D eigenvalue weighted by molar-refractivity contribution is -0.140. The number of aliphatic carboxylic acids is 1. The predicted molar refractivity (Wildman–Crippen MR) is 84.1 cm³/mol. The van der Waals surface area contributed by atoms with E-state index in [1.807, 2.05) is 31.2 Å². The summed E-state index contributed by atoms with van der Waals surface area (Å²) < 4.78 is 5.14. The van der Waals surface area contributed by atoms with Crippen LogP contribution in [0.5, 0.6) is 5.75 Å². The molecule has 0 bridgehead atoms. The Kier molecular flexibility index (Phi) is 4.80. The van der Waals surface area contributed by atoms with Crippen LogP contribution in [0.3, 0.4) is 0 Å². The second-order valence-corrected chi connectivity index (χ2v) is 5.98. The van der Waals surface area contributed by atoms with Crippen LogP contribution in [0, 0.1) is 12.8 Å². The number of carboxylic acid groups (broad SMARTS) is 1. The van der Waals surface area contributed by atoms with Crippen LogP contribution in [0.25, 0.3) is 11.3 Å². The van der Waals surface area contributed by atoms with Crippen molar-refractivity contribution in [1.29, 1.82) is 0 Å². The Balaban J connectivity index is 2.12. The normalized spacial score (nSPS) is 12.0. The fraction of sp³-hybridized carbons (Fsp3) is 0.333. The molecule has 1 aromatic carbocycles. The predicted octanol–water partition coefficient (Wildman–Crippen LogP) is 3.26. The molecule has 112 valence electrons. The van der Waals surface area contributed by atoms with Crippen molar-refractivity contribution < 1.29 is 14.6 Å². The molecule has 6 heteroatoms. The third-order valence-electron chi connectivity index (χ3n) is 3.14. The van der Waals surface area contributed by atoms with Crippen molar-refractivity contribution in [2.24, 2.45) is 5.92 Å². The van der Waals surface area contributed by atoms with Gasteiger partial charge in [0.15, 0.2) is 5.13 Å². The zero-order valence-corrected chi connectivity index (χ0v) is 13.0. The van der Waals surface area contributed by atoms with Gasteiger partial charge in [-0.1, -0.05) is 6.92 Å². The molecule has 0 aliphatic heterocycles. The molecular weight excluding hydrogens is 288 g/mol. The second kappa shape index (κ2) is 6.58. The van der Waals surface area contributed by atoms with Crippen LogP contribution in [-0.4, -0.2) is 29.7 Å². The summed E-state index contributed by atoms with van der Waals surface area (Å²) in [6.45, 7) is 4.04. The Labute approximate surface area is 127 Å². The average molecular weight is 306 g/mol. The highest BCUT2D eigenvalue weighted by atomic mass is 32.1. The van der Waals surface area contributed by atoms with E-state index in [9.17, 15) is 4.79 Å². The van der Waals surface area contributed by atoms with Crippen molar-refractivity contribution in [3.05, 3.63) is 29.1 Å². The van der Waals surface area contributed by atoms with E-state index < -0.39 is 11.9 Å². The van der Waals surface area contributed by atoms with E-state index in [-0.39, 0.29) is 0 Å². The van der Waals surface area contributed by atoms with Gasteiger partial charge < -0.3 is 15.2 Å². The summed E-state index contributed by atoms with van der Waals surface area (Å²) in [5, 5.41) is 12.7. The van der Waals surface area contributed by atoms with Crippen molar-refractivity contribution in [3.8, 4) is 17.0 Å². The van der Waals surface area contributed by atoms with E-state index in [0.29, 0.717) is 6.54 Å². The van der Waals surface area contributed by atoms with Crippen molar-refractivity contribution in [2.45, 2.75) is 13.8 Å². The summed E-state index contributed by atoms with van der Waals surface area (Å²) in [5.41, 5.74) is 1.93. The van der Waals surface area contributed by atoms with E-state index in [4.69, 9.17) is 9.84 Å². The molecule has 0 aliphatic rings. The lowest BCUT2D eigenvalue weighted by Crippen LogP contribution is -2.19. The maximum atomic E-state index is 10.8. The Hall–Kier alpha value is -2.08. The van der Waals surface area contributed by atoms with Gasteiger partial charge in [0, 0.05) is 17.0 Å². The number of nitrogens with zero attached hydrogens (tertiary/aromatic N) is 1. The molecule has 1 unspecified atom stereocenters. The highest BCUT2D eigenvalue weighted by Crippen LogP contribution is 2.31. The first kappa shape index (κ1) is 15.3. The number of anilines is 1. The maximum absolute atomic E-state index is 10.8. The Morgan fingerprint density at radius 1 is 1.43 bits per heavy atom. The molecule has 0 spiro atoms. The number of hydrogen-bond donors (Lipinski definition) is 2. The molecular formula is C15H18N2O3S. The van der Waals surface area contributed by atoms with Gasteiger partial charge in [-0.25, -0.2) is 4.98 Å². The molecule has 1 heterocycles. The first-order chi connectivity index (χ1) is 10.0. The summed E-state index contributed by atoms with van der Waals surface area (Å²) in [6, 6.07) is 7.72.